The molecule has 142 valence electrons. The van der Waals surface area contributed by atoms with Crippen LogP contribution in [0.2, 0.25) is 0 Å². The molecule has 10 atom stereocenters. The molecule has 9 rings (SSSR count). The van der Waals surface area contributed by atoms with Crippen LogP contribution in [0.4, 0.5) is 0 Å². The highest BCUT2D eigenvalue weighted by molar-refractivity contribution is 5.32. The van der Waals surface area contributed by atoms with E-state index >= 15 is 0 Å². The molecular weight excluding hydrogens is 326 g/mol. The zero-order valence-corrected chi connectivity index (χ0v) is 15.8. The van der Waals surface area contributed by atoms with Crippen molar-refractivity contribution in [1.29, 1.82) is 0 Å². The average Bonchev–Trinajstić information content (AvgIpc) is 3.14. The number of piperidine rings is 1. The molecule has 0 aromatic rings. The highest BCUT2D eigenvalue weighted by Gasteiger charge is 2.80. The summed E-state index contributed by atoms with van der Waals surface area (Å²) in [5.41, 5.74) is 1.55. The molecule has 4 heterocycles. The highest BCUT2D eigenvalue weighted by Crippen LogP contribution is 2.79. The van der Waals surface area contributed by atoms with E-state index in [0.29, 0.717) is 17.8 Å². The van der Waals surface area contributed by atoms with Crippen LogP contribution in [0.1, 0.15) is 51.9 Å². The molecule has 7 bridgehead atoms. The molecule has 4 saturated heterocycles. The van der Waals surface area contributed by atoms with Crippen molar-refractivity contribution in [3.63, 3.8) is 0 Å². The van der Waals surface area contributed by atoms with Gasteiger partial charge in [-0.3, -0.25) is 0 Å². The van der Waals surface area contributed by atoms with Crippen molar-refractivity contribution in [3.8, 4) is 0 Å². The van der Waals surface area contributed by atoms with Gasteiger partial charge in [0.05, 0.1) is 18.8 Å². The van der Waals surface area contributed by atoms with Crippen LogP contribution >= 0.6 is 0 Å². The number of hydrogen-bond acceptors (Lipinski definition) is 4. The van der Waals surface area contributed by atoms with Gasteiger partial charge in [0, 0.05) is 22.8 Å². The van der Waals surface area contributed by atoms with E-state index in [4.69, 9.17) is 9.47 Å². The first-order valence-electron chi connectivity index (χ1n) is 10.9. The Morgan fingerprint density at radius 1 is 1.12 bits per heavy atom. The molecule has 5 saturated carbocycles. The molecule has 4 heteroatoms. The van der Waals surface area contributed by atoms with Gasteiger partial charge in [-0.05, 0) is 61.9 Å². The molecule has 2 spiro atoms. The normalized spacial score (nSPS) is 65.2. The first-order valence-corrected chi connectivity index (χ1v) is 10.9. The average molecular weight is 357 g/mol. The summed E-state index contributed by atoms with van der Waals surface area (Å²) in [4.78, 5) is 2.60. The van der Waals surface area contributed by atoms with Crippen molar-refractivity contribution in [1.82, 2.24) is 4.90 Å². The van der Waals surface area contributed by atoms with Crippen molar-refractivity contribution in [2.75, 3.05) is 13.2 Å². The lowest BCUT2D eigenvalue weighted by atomic mass is 9.32. The summed E-state index contributed by atoms with van der Waals surface area (Å²) in [5.74, 6) is 1.84. The SMILES string of the molecule is C=C1[C@@H]2CC[C@@]3([C@@H](C2)[C@@]24CCC[C@@]5(C)[C@@H]6OCCN6[C@H]2O[C@@H]3C[C@H]54)[C@H]1O. The molecule has 4 nitrogen and oxygen atoms in total. The molecule has 4 aliphatic heterocycles. The zero-order chi connectivity index (χ0) is 17.5. The number of nitrogens with zero attached hydrogens (tertiary/aromatic N) is 1. The molecule has 0 aromatic heterocycles. The van der Waals surface area contributed by atoms with Gasteiger partial charge in [-0.15, -0.1) is 0 Å². The predicted molar refractivity (Wildman–Crippen MR) is 96.0 cm³/mol. The van der Waals surface area contributed by atoms with E-state index in [1.165, 1.54) is 32.1 Å². The van der Waals surface area contributed by atoms with E-state index in [2.05, 4.69) is 18.4 Å². The van der Waals surface area contributed by atoms with Crippen LogP contribution in [0.15, 0.2) is 12.2 Å². The fourth-order valence-electron chi connectivity index (χ4n) is 9.72. The number of rotatable bonds is 0. The fraction of sp³-hybridized carbons (Fsp3) is 0.909. The number of hydrogen-bond donors (Lipinski definition) is 1. The molecule has 0 unspecified atom stereocenters. The van der Waals surface area contributed by atoms with Crippen LogP contribution in [0.25, 0.3) is 0 Å². The quantitative estimate of drug-likeness (QED) is 0.677. The van der Waals surface area contributed by atoms with Gasteiger partial charge in [0.1, 0.15) is 12.5 Å². The second-order valence-corrected chi connectivity index (χ2v) is 10.8. The first-order chi connectivity index (χ1) is 12.5. The molecule has 5 aliphatic carbocycles. The molecule has 1 N–H and O–H groups in total. The van der Waals surface area contributed by atoms with Gasteiger partial charge >= 0.3 is 0 Å². The molecule has 0 amide bonds. The topological polar surface area (TPSA) is 41.9 Å². The summed E-state index contributed by atoms with van der Waals surface area (Å²) >= 11 is 0. The first kappa shape index (κ1) is 15.5. The van der Waals surface area contributed by atoms with Crippen molar-refractivity contribution >= 4 is 0 Å². The van der Waals surface area contributed by atoms with Crippen molar-refractivity contribution < 1.29 is 14.6 Å². The van der Waals surface area contributed by atoms with Gasteiger partial charge in [-0.1, -0.05) is 19.9 Å². The second kappa shape index (κ2) is 4.42. The Balaban J connectivity index is 1.45. The van der Waals surface area contributed by atoms with E-state index in [0.717, 1.165) is 31.6 Å². The minimum Gasteiger partial charge on any atom is -0.388 e. The number of ether oxygens (including phenoxy) is 2. The summed E-state index contributed by atoms with van der Waals surface area (Å²) in [6.07, 6.45) is 8.94. The molecule has 9 fully saturated rings. The Morgan fingerprint density at radius 2 is 2.00 bits per heavy atom. The molecule has 26 heavy (non-hydrogen) atoms. The minimum atomic E-state index is -0.345. The molecular formula is C22H31NO3. The second-order valence-electron chi connectivity index (χ2n) is 10.8. The van der Waals surface area contributed by atoms with Crippen LogP contribution in [0, 0.1) is 34.0 Å². The van der Waals surface area contributed by atoms with Gasteiger partial charge in [0.2, 0.25) is 0 Å². The lowest BCUT2D eigenvalue weighted by Crippen LogP contribution is -2.83. The summed E-state index contributed by atoms with van der Waals surface area (Å²) in [7, 11) is 0. The smallest absolute Gasteiger partial charge is 0.119 e. The van der Waals surface area contributed by atoms with E-state index in [9.17, 15) is 5.11 Å². The van der Waals surface area contributed by atoms with Gasteiger partial charge in [-0.25, -0.2) is 4.90 Å². The Hall–Kier alpha value is -0.420. The van der Waals surface area contributed by atoms with E-state index in [-0.39, 0.29) is 40.9 Å². The third kappa shape index (κ3) is 1.32. The third-order valence-corrected chi connectivity index (χ3v) is 10.5. The largest absolute Gasteiger partial charge is 0.388 e. The number of fused-ring (bicyclic) bond motifs is 4. The van der Waals surface area contributed by atoms with Crippen molar-refractivity contribution in [2.24, 2.45) is 34.0 Å². The Morgan fingerprint density at radius 3 is 2.88 bits per heavy atom. The molecule has 0 radical (unpaired) electrons. The maximum absolute atomic E-state index is 11.4. The van der Waals surface area contributed by atoms with Crippen LogP contribution in [-0.2, 0) is 9.47 Å². The number of aliphatic hydroxyl groups excluding tert-OH is 1. The zero-order valence-electron chi connectivity index (χ0n) is 15.8. The maximum Gasteiger partial charge on any atom is 0.119 e. The summed E-state index contributed by atoms with van der Waals surface area (Å²) in [6.45, 7) is 8.71. The lowest BCUT2D eigenvalue weighted by Gasteiger charge is -2.80. The maximum atomic E-state index is 11.4. The Bertz CT molecular complexity index is 710. The standard InChI is InChI=1S/C22H31NO3/c1-12-13-4-7-22(17(12)24)15(10-13)21-6-3-5-20(2)14(21)11-16(22)26-19(21)23-8-9-25-18(20)23/h13-19,24H,1,3-11H2,2H3/t13-,14-,15+,16-,17+,18+,19+,20-,21+,22+/m1/s1. The van der Waals surface area contributed by atoms with E-state index in [1.54, 1.807) is 0 Å². The van der Waals surface area contributed by atoms with Gasteiger partial charge in [0.15, 0.2) is 0 Å². The summed E-state index contributed by atoms with van der Waals surface area (Å²) < 4.78 is 13.2. The highest BCUT2D eigenvalue weighted by atomic mass is 16.6. The van der Waals surface area contributed by atoms with Gasteiger partial charge in [-0.2, -0.15) is 0 Å². The summed E-state index contributed by atoms with van der Waals surface area (Å²) in [6, 6.07) is 0. The summed E-state index contributed by atoms with van der Waals surface area (Å²) in [5, 5.41) is 11.4. The Labute approximate surface area is 155 Å². The van der Waals surface area contributed by atoms with Crippen LogP contribution in [0.5, 0.6) is 0 Å². The van der Waals surface area contributed by atoms with Crippen molar-refractivity contribution in [3.05, 3.63) is 12.2 Å². The molecule has 9 aliphatic rings. The predicted octanol–water partition coefficient (Wildman–Crippen LogP) is 2.91. The fourth-order valence-corrected chi connectivity index (χ4v) is 9.72. The van der Waals surface area contributed by atoms with Crippen LogP contribution in [-0.4, -0.2) is 47.8 Å². The Kier molecular flexibility index (Phi) is 2.64. The van der Waals surface area contributed by atoms with Crippen molar-refractivity contribution in [2.45, 2.75) is 76.5 Å². The third-order valence-electron chi connectivity index (χ3n) is 10.5. The van der Waals surface area contributed by atoms with E-state index < -0.39 is 0 Å². The van der Waals surface area contributed by atoms with Gasteiger partial charge < -0.3 is 14.6 Å². The van der Waals surface area contributed by atoms with Gasteiger partial charge in [0.25, 0.3) is 0 Å². The van der Waals surface area contributed by atoms with Crippen LogP contribution in [0.3, 0.4) is 0 Å². The van der Waals surface area contributed by atoms with E-state index in [1.807, 2.05) is 0 Å². The number of aliphatic hydroxyl groups is 1. The van der Waals surface area contributed by atoms with Crippen LogP contribution < -0.4 is 0 Å². The minimum absolute atomic E-state index is 0.0511. The monoisotopic (exact) mass is 357 g/mol. The lowest BCUT2D eigenvalue weighted by molar-refractivity contribution is -0.422. The molecule has 0 aromatic carbocycles.